The van der Waals surface area contributed by atoms with Crippen LogP contribution in [0.15, 0.2) is 24.3 Å². The lowest BCUT2D eigenvalue weighted by Crippen LogP contribution is -2.51. The summed E-state index contributed by atoms with van der Waals surface area (Å²) in [5.41, 5.74) is 2.45. The molecular weight excluding hydrogens is 290 g/mol. The third kappa shape index (κ3) is 5.27. The molecule has 0 saturated carbocycles. The fourth-order valence-corrected chi connectivity index (χ4v) is 2.77. The Kier molecular flexibility index (Phi) is 6.02. The molecule has 1 saturated heterocycles. The Hall–Kier alpha value is -2.04. The molecule has 1 aromatic carbocycles. The van der Waals surface area contributed by atoms with Gasteiger partial charge in [-0.25, -0.2) is 0 Å². The quantitative estimate of drug-likeness (QED) is 0.901. The second-order valence-electron chi connectivity index (χ2n) is 6.58. The number of carbonyl (C=O) groups excluding carboxylic acids is 2. The molecule has 2 rings (SSSR count). The smallest absolute Gasteiger partial charge is 0.242 e. The molecule has 0 unspecified atom stereocenters. The van der Waals surface area contributed by atoms with Gasteiger partial charge in [-0.3, -0.25) is 9.59 Å². The maximum absolute atomic E-state index is 12.2. The number of piperazine rings is 1. The van der Waals surface area contributed by atoms with Crippen molar-refractivity contribution >= 4 is 17.5 Å². The Morgan fingerprint density at radius 2 is 1.87 bits per heavy atom. The molecule has 1 aliphatic heterocycles. The molecule has 126 valence electrons. The van der Waals surface area contributed by atoms with Crippen LogP contribution in [-0.2, 0) is 9.59 Å². The number of rotatable bonds is 5. The summed E-state index contributed by atoms with van der Waals surface area (Å²) in [5, 5.41) is 2.72. The van der Waals surface area contributed by atoms with Gasteiger partial charge in [0.1, 0.15) is 0 Å². The van der Waals surface area contributed by atoms with Gasteiger partial charge in [0.05, 0.1) is 6.54 Å². The number of amides is 2. The largest absolute Gasteiger partial charge is 0.368 e. The van der Waals surface area contributed by atoms with E-state index in [1.54, 1.807) is 0 Å². The molecule has 23 heavy (non-hydrogen) atoms. The summed E-state index contributed by atoms with van der Waals surface area (Å²) < 4.78 is 0. The standard InChI is InChI=1S/C18H27N3O2/c1-14(2)11-17(22)19-13-18(23)21-9-7-20(8-10-21)16-6-4-5-15(3)12-16/h4-6,12,14H,7-11,13H2,1-3H3,(H,19,22). The van der Waals surface area contributed by atoms with E-state index in [0.717, 1.165) is 13.1 Å². The summed E-state index contributed by atoms with van der Waals surface area (Å²) in [5.74, 6) is 0.265. The van der Waals surface area contributed by atoms with Crippen molar-refractivity contribution in [3.63, 3.8) is 0 Å². The predicted octanol–water partition coefficient (Wildman–Crippen LogP) is 1.81. The van der Waals surface area contributed by atoms with E-state index in [1.165, 1.54) is 11.3 Å². The molecule has 1 N–H and O–H groups in total. The van der Waals surface area contributed by atoms with Crippen molar-refractivity contribution in [1.29, 1.82) is 0 Å². The highest BCUT2D eigenvalue weighted by Crippen LogP contribution is 2.17. The van der Waals surface area contributed by atoms with Gasteiger partial charge < -0.3 is 15.1 Å². The molecule has 1 heterocycles. The number of nitrogens with one attached hydrogen (secondary N) is 1. The van der Waals surface area contributed by atoms with Crippen molar-refractivity contribution in [3.05, 3.63) is 29.8 Å². The maximum Gasteiger partial charge on any atom is 0.242 e. The normalized spacial score (nSPS) is 15.0. The average Bonchev–Trinajstić information content (AvgIpc) is 2.52. The van der Waals surface area contributed by atoms with Crippen molar-refractivity contribution in [3.8, 4) is 0 Å². The molecule has 1 aliphatic rings. The molecule has 1 aromatic rings. The molecular formula is C18H27N3O2. The van der Waals surface area contributed by atoms with E-state index in [-0.39, 0.29) is 18.4 Å². The Labute approximate surface area is 138 Å². The predicted molar refractivity (Wildman–Crippen MR) is 92.4 cm³/mol. The van der Waals surface area contributed by atoms with Gasteiger partial charge in [-0.15, -0.1) is 0 Å². The molecule has 2 amide bonds. The summed E-state index contributed by atoms with van der Waals surface area (Å²) in [6.45, 7) is 9.24. The highest BCUT2D eigenvalue weighted by Gasteiger charge is 2.21. The number of hydrogen-bond donors (Lipinski definition) is 1. The average molecular weight is 317 g/mol. The minimum atomic E-state index is -0.0493. The van der Waals surface area contributed by atoms with Crippen LogP contribution in [0, 0.1) is 12.8 Å². The van der Waals surface area contributed by atoms with Gasteiger partial charge >= 0.3 is 0 Å². The van der Waals surface area contributed by atoms with E-state index in [1.807, 2.05) is 18.7 Å². The van der Waals surface area contributed by atoms with Gasteiger partial charge in [0.25, 0.3) is 0 Å². The monoisotopic (exact) mass is 317 g/mol. The van der Waals surface area contributed by atoms with E-state index >= 15 is 0 Å². The Morgan fingerprint density at radius 1 is 1.17 bits per heavy atom. The number of anilines is 1. The van der Waals surface area contributed by atoms with E-state index < -0.39 is 0 Å². The van der Waals surface area contributed by atoms with Gasteiger partial charge in [-0.1, -0.05) is 26.0 Å². The summed E-state index contributed by atoms with van der Waals surface area (Å²) in [6.07, 6.45) is 0.467. The van der Waals surface area contributed by atoms with Gasteiger partial charge in [-0.2, -0.15) is 0 Å². The maximum atomic E-state index is 12.2. The molecule has 5 heteroatoms. The third-order valence-corrected chi connectivity index (χ3v) is 4.03. The second kappa shape index (κ2) is 7.99. The lowest BCUT2D eigenvalue weighted by molar-refractivity contribution is -0.133. The zero-order valence-corrected chi connectivity index (χ0v) is 14.3. The first-order valence-corrected chi connectivity index (χ1v) is 8.32. The Morgan fingerprint density at radius 3 is 2.48 bits per heavy atom. The SMILES string of the molecule is Cc1cccc(N2CCN(C(=O)CNC(=O)CC(C)C)CC2)c1. The highest BCUT2D eigenvalue weighted by atomic mass is 16.2. The van der Waals surface area contributed by atoms with Crippen LogP contribution >= 0.6 is 0 Å². The van der Waals surface area contributed by atoms with Crippen LogP contribution in [0.25, 0.3) is 0 Å². The van der Waals surface area contributed by atoms with Gasteiger partial charge in [0.2, 0.25) is 11.8 Å². The zero-order valence-electron chi connectivity index (χ0n) is 14.3. The number of nitrogens with zero attached hydrogens (tertiary/aromatic N) is 2. The first kappa shape index (κ1) is 17.3. The van der Waals surface area contributed by atoms with Crippen LogP contribution < -0.4 is 10.2 Å². The fourth-order valence-electron chi connectivity index (χ4n) is 2.77. The third-order valence-electron chi connectivity index (χ3n) is 4.03. The number of benzene rings is 1. The number of aryl methyl sites for hydroxylation is 1. The lowest BCUT2D eigenvalue weighted by atomic mass is 10.1. The second-order valence-corrected chi connectivity index (χ2v) is 6.58. The van der Waals surface area contributed by atoms with E-state index in [0.29, 0.717) is 25.4 Å². The van der Waals surface area contributed by atoms with Crippen LogP contribution in [0.4, 0.5) is 5.69 Å². The van der Waals surface area contributed by atoms with Gasteiger partial charge in [-0.05, 0) is 30.5 Å². The first-order valence-electron chi connectivity index (χ1n) is 8.32. The van der Waals surface area contributed by atoms with E-state index in [9.17, 15) is 9.59 Å². The summed E-state index contributed by atoms with van der Waals surface area (Å²) in [6, 6.07) is 8.43. The number of carbonyl (C=O) groups is 2. The molecule has 0 atom stereocenters. The van der Waals surface area contributed by atoms with Crippen molar-refractivity contribution in [2.75, 3.05) is 37.6 Å². The van der Waals surface area contributed by atoms with Crippen molar-refractivity contribution in [2.24, 2.45) is 5.92 Å². The van der Waals surface area contributed by atoms with Crippen molar-refractivity contribution < 1.29 is 9.59 Å². The van der Waals surface area contributed by atoms with E-state index in [2.05, 4.69) is 41.4 Å². The van der Waals surface area contributed by atoms with Gasteiger partial charge in [0, 0.05) is 38.3 Å². The molecule has 0 spiro atoms. The van der Waals surface area contributed by atoms with Crippen molar-refractivity contribution in [1.82, 2.24) is 10.2 Å². The van der Waals surface area contributed by atoms with Gasteiger partial charge in [0.15, 0.2) is 0 Å². The lowest BCUT2D eigenvalue weighted by Gasteiger charge is -2.36. The fraction of sp³-hybridized carbons (Fsp3) is 0.556. The molecule has 0 aromatic heterocycles. The van der Waals surface area contributed by atoms with Crippen LogP contribution in [0.5, 0.6) is 0 Å². The molecule has 0 bridgehead atoms. The zero-order chi connectivity index (χ0) is 16.8. The molecule has 0 aliphatic carbocycles. The van der Waals surface area contributed by atoms with Crippen molar-refractivity contribution in [2.45, 2.75) is 27.2 Å². The molecule has 5 nitrogen and oxygen atoms in total. The summed E-state index contributed by atoms with van der Waals surface area (Å²) >= 11 is 0. The first-order chi connectivity index (χ1) is 11.0. The highest BCUT2D eigenvalue weighted by molar-refractivity contribution is 5.85. The minimum absolute atomic E-state index is 0.00555. The molecule has 0 radical (unpaired) electrons. The minimum Gasteiger partial charge on any atom is -0.368 e. The Balaban J connectivity index is 1.77. The van der Waals surface area contributed by atoms with Crippen LogP contribution in [0.2, 0.25) is 0 Å². The summed E-state index contributed by atoms with van der Waals surface area (Å²) in [4.78, 5) is 27.9. The van der Waals surface area contributed by atoms with E-state index in [4.69, 9.17) is 0 Å². The Bertz CT molecular complexity index is 549. The molecule has 1 fully saturated rings. The number of hydrogen-bond acceptors (Lipinski definition) is 3. The van der Waals surface area contributed by atoms with Crippen LogP contribution in [0.3, 0.4) is 0 Å². The van der Waals surface area contributed by atoms with Crippen LogP contribution in [0.1, 0.15) is 25.8 Å². The van der Waals surface area contributed by atoms with Crippen LogP contribution in [-0.4, -0.2) is 49.4 Å². The summed E-state index contributed by atoms with van der Waals surface area (Å²) in [7, 11) is 0. The topological polar surface area (TPSA) is 52.6 Å².